The lowest BCUT2D eigenvalue weighted by Crippen LogP contribution is -2.43. The van der Waals surface area contributed by atoms with Crippen LogP contribution in [0, 0.1) is 10.1 Å². The first-order valence-electron chi connectivity index (χ1n) is 9.09. The van der Waals surface area contributed by atoms with Crippen LogP contribution in [0.4, 0.5) is 5.69 Å². The topological polar surface area (TPSA) is 155 Å². The molecule has 0 atom stereocenters. The van der Waals surface area contributed by atoms with Crippen molar-refractivity contribution in [2.75, 3.05) is 13.7 Å². The van der Waals surface area contributed by atoms with Crippen molar-refractivity contribution in [1.29, 1.82) is 0 Å². The molecule has 0 saturated carbocycles. The van der Waals surface area contributed by atoms with E-state index in [0.29, 0.717) is 5.69 Å². The van der Waals surface area contributed by atoms with E-state index in [1.807, 2.05) is 6.07 Å². The minimum atomic E-state index is -0.906. The van der Waals surface area contributed by atoms with Crippen molar-refractivity contribution in [3.8, 4) is 11.4 Å². The van der Waals surface area contributed by atoms with Gasteiger partial charge >= 0.3 is 5.97 Å². The molecule has 1 aromatic heterocycles. The summed E-state index contributed by atoms with van der Waals surface area (Å²) >= 11 is 0. The number of carbonyl (C=O) groups is 3. The number of aromatic nitrogens is 2. The molecule has 2 N–H and O–H groups in total. The molecule has 3 rings (SSSR count). The normalized spacial score (nSPS) is 10.2. The van der Waals surface area contributed by atoms with Crippen LogP contribution < -0.4 is 15.6 Å². The number of benzene rings is 2. The minimum absolute atomic E-state index is 0.0346. The van der Waals surface area contributed by atoms with E-state index in [2.05, 4.69) is 16.0 Å². The van der Waals surface area contributed by atoms with Gasteiger partial charge in [-0.05, 0) is 18.2 Å². The van der Waals surface area contributed by atoms with Crippen LogP contribution in [0.15, 0.2) is 60.8 Å². The third kappa shape index (κ3) is 5.24. The molecule has 0 fully saturated rings. The Hall–Kier alpha value is -4.74. The number of amides is 2. The fraction of sp³-hybridized carbons (Fsp3) is 0.100. The molecule has 0 saturated heterocycles. The van der Waals surface area contributed by atoms with Gasteiger partial charge < -0.3 is 9.47 Å². The first-order valence-corrected chi connectivity index (χ1v) is 9.09. The molecule has 0 unspecified atom stereocenters. The molecule has 0 bridgehead atoms. The highest BCUT2D eigenvalue weighted by Gasteiger charge is 2.21. The summed E-state index contributed by atoms with van der Waals surface area (Å²) in [6.07, 6.45) is 1.49. The van der Waals surface area contributed by atoms with Crippen molar-refractivity contribution in [3.05, 3.63) is 82.2 Å². The number of hydrogen-bond acceptors (Lipinski definition) is 8. The maximum Gasteiger partial charge on any atom is 0.363 e. The lowest BCUT2D eigenvalue weighted by Gasteiger charge is -2.08. The van der Waals surface area contributed by atoms with E-state index in [1.165, 1.54) is 36.2 Å². The van der Waals surface area contributed by atoms with Crippen LogP contribution in [0.2, 0.25) is 0 Å². The quantitative estimate of drug-likeness (QED) is 0.318. The summed E-state index contributed by atoms with van der Waals surface area (Å²) in [7, 11) is 1.36. The second-order valence-corrected chi connectivity index (χ2v) is 6.21. The summed E-state index contributed by atoms with van der Waals surface area (Å²) in [5, 5.41) is 14.9. The monoisotopic (exact) mass is 439 g/mol. The number of carbonyl (C=O) groups excluding carboxylic acids is 3. The standard InChI is InChI=1S/C20H17N5O7/c1-31-16-11-24(14-7-3-2-4-8-14)23-18(16)20(28)32-12-17(26)21-22-19(27)13-6-5-9-15(10-13)25(29)30/h2-11H,12H2,1H3,(H,21,26)(H,22,27). The Labute approximate surface area is 180 Å². The summed E-state index contributed by atoms with van der Waals surface area (Å²) in [6.45, 7) is -0.713. The fourth-order valence-electron chi connectivity index (χ4n) is 2.56. The zero-order valence-electron chi connectivity index (χ0n) is 16.7. The molecule has 3 aromatic rings. The number of hydrazine groups is 1. The van der Waals surface area contributed by atoms with Crippen molar-refractivity contribution in [2.45, 2.75) is 0 Å². The Bertz CT molecular complexity index is 1160. The summed E-state index contributed by atoms with van der Waals surface area (Å²) in [6, 6.07) is 13.9. The first kappa shape index (κ1) is 22.0. The van der Waals surface area contributed by atoms with E-state index in [0.717, 1.165) is 6.07 Å². The Morgan fingerprint density at radius 2 is 1.84 bits per heavy atom. The van der Waals surface area contributed by atoms with Crippen LogP contribution in [-0.2, 0) is 9.53 Å². The van der Waals surface area contributed by atoms with Crippen LogP contribution >= 0.6 is 0 Å². The van der Waals surface area contributed by atoms with Gasteiger partial charge in [-0.25, -0.2) is 9.48 Å². The summed E-state index contributed by atoms with van der Waals surface area (Å²) in [5.74, 6) is -2.37. The number of rotatable bonds is 7. The van der Waals surface area contributed by atoms with Crippen molar-refractivity contribution in [2.24, 2.45) is 0 Å². The second-order valence-electron chi connectivity index (χ2n) is 6.21. The number of nitrogens with one attached hydrogen (secondary N) is 2. The molecule has 0 spiro atoms. The average Bonchev–Trinajstić information content (AvgIpc) is 3.26. The predicted octanol–water partition coefficient (Wildman–Crippen LogP) is 1.41. The van der Waals surface area contributed by atoms with Crippen LogP contribution in [-0.4, -0.2) is 46.2 Å². The maximum atomic E-state index is 12.3. The minimum Gasteiger partial charge on any atom is -0.493 e. The van der Waals surface area contributed by atoms with Gasteiger partial charge in [-0.15, -0.1) is 0 Å². The van der Waals surface area contributed by atoms with Gasteiger partial charge in [0.05, 0.1) is 23.9 Å². The molecule has 164 valence electrons. The Morgan fingerprint density at radius 3 is 2.53 bits per heavy atom. The molecular formula is C20H17N5O7. The number of esters is 1. The highest BCUT2D eigenvalue weighted by molar-refractivity contribution is 5.96. The van der Waals surface area contributed by atoms with Crippen molar-refractivity contribution in [3.63, 3.8) is 0 Å². The third-order valence-corrected chi connectivity index (χ3v) is 4.08. The van der Waals surface area contributed by atoms with Gasteiger partial charge in [-0.1, -0.05) is 24.3 Å². The summed E-state index contributed by atoms with van der Waals surface area (Å²) < 4.78 is 11.5. The highest BCUT2D eigenvalue weighted by Crippen LogP contribution is 2.20. The number of hydrogen-bond donors (Lipinski definition) is 2. The number of nitrogens with zero attached hydrogens (tertiary/aromatic N) is 3. The molecule has 2 aromatic carbocycles. The number of nitro groups is 1. The average molecular weight is 439 g/mol. The highest BCUT2D eigenvalue weighted by atomic mass is 16.6. The second kappa shape index (κ2) is 9.84. The first-order chi connectivity index (χ1) is 15.4. The van der Waals surface area contributed by atoms with E-state index >= 15 is 0 Å². The van der Waals surface area contributed by atoms with E-state index in [-0.39, 0.29) is 22.7 Å². The lowest BCUT2D eigenvalue weighted by molar-refractivity contribution is -0.384. The van der Waals surface area contributed by atoms with Crippen LogP contribution in [0.25, 0.3) is 5.69 Å². The molecule has 0 aliphatic rings. The van der Waals surface area contributed by atoms with Crippen LogP contribution in [0.5, 0.6) is 5.75 Å². The maximum absolute atomic E-state index is 12.3. The van der Waals surface area contributed by atoms with Gasteiger partial charge in [0.2, 0.25) is 5.69 Å². The number of para-hydroxylation sites is 1. The van der Waals surface area contributed by atoms with Crippen molar-refractivity contribution >= 4 is 23.5 Å². The zero-order chi connectivity index (χ0) is 23.1. The fourth-order valence-corrected chi connectivity index (χ4v) is 2.56. The number of non-ortho nitro benzene ring substituents is 1. The van der Waals surface area contributed by atoms with E-state index in [1.54, 1.807) is 24.3 Å². The van der Waals surface area contributed by atoms with Gasteiger partial charge in [0.15, 0.2) is 12.4 Å². The Balaban J connectivity index is 1.55. The number of ether oxygens (including phenoxy) is 2. The van der Waals surface area contributed by atoms with Gasteiger partial charge in [0.1, 0.15) is 0 Å². The molecule has 0 aliphatic carbocycles. The zero-order valence-corrected chi connectivity index (χ0v) is 16.7. The molecule has 12 heteroatoms. The van der Waals surface area contributed by atoms with Crippen LogP contribution in [0.3, 0.4) is 0 Å². The lowest BCUT2D eigenvalue weighted by atomic mass is 10.2. The Morgan fingerprint density at radius 1 is 1.09 bits per heavy atom. The summed E-state index contributed by atoms with van der Waals surface area (Å²) in [5.41, 5.74) is 4.37. The molecule has 0 aliphatic heterocycles. The predicted molar refractivity (Wildman–Crippen MR) is 109 cm³/mol. The largest absolute Gasteiger partial charge is 0.493 e. The molecular weight excluding hydrogens is 422 g/mol. The molecule has 12 nitrogen and oxygen atoms in total. The van der Waals surface area contributed by atoms with E-state index < -0.39 is 29.3 Å². The van der Waals surface area contributed by atoms with Crippen LogP contribution in [0.1, 0.15) is 20.8 Å². The van der Waals surface area contributed by atoms with Gasteiger partial charge in [0.25, 0.3) is 17.5 Å². The van der Waals surface area contributed by atoms with Gasteiger partial charge in [-0.2, -0.15) is 5.10 Å². The van der Waals surface area contributed by atoms with E-state index in [4.69, 9.17) is 9.47 Å². The van der Waals surface area contributed by atoms with Crippen molar-refractivity contribution < 1.29 is 28.8 Å². The van der Waals surface area contributed by atoms with Crippen molar-refractivity contribution in [1.82, 2.24) is 20.6 Å². The SMILES string of the molecule is COc1cn(-c2ccccc2)nc1C(=O)OCC(=O)NNC(=O)c1cccc([N+](=O)[O-])c1. The smallest absolute Gasteiger partial charge is 0.363 e. The molecule has 1 heterocycles. The number of nitro benzene ring substituents is 1. The molecule has 2 amide bonds. The molecule has 0 radical (unpaired) electrons. The number of methoxy groups -OCH3 is 1. The van der Waals surface area contributed by atoms with E-state index in [9.17, 15) is 24.5 Å². The van der Waals surface area contributed by atoms with Gasteiger partial charge in [0, 0.05) is 17.7 Å². The third-order valence-electron chi connectivity index (χ3n) is 4.08. The Kier molecular flexibility index (Phi) is 6.75. The van der Waals surface area contributed by atoms with Gasteiger partial charge in [-0.3, -0.25) is 30.6 Å². The summed E-state index contributed by atoms with van der Waals surface area (Å²) in [4.78, 5) is 46.4. The molecule has 32 heavy (non-hydrogen) atoms.